The molecular formula is C22H20ClF3N2OSi. The van der Waals surface area contributed by atoms with Crippen LogP contribution in [0.1, 0.15) is 16.9 Å². The Balaban J connectivity index is 2.03. The topological polar surface area (TPSA) is 52.0 Å². The summed E-state index contributed by atoms with van der Waals surface area (Å²) in [6, 6.07) is 12.0. The minimum Gasteiger partial charge on any atom is -0.394 e. The number of hydrogen-bond acceptors (Lipinski definition) is 3. The summed E-state index contributed by atoms with van der Waals surface area (Å²) in [4.78, 5) is 0. The number of halogens is 4. The first kappa shape index (κ1) is 22.0. The van der Waals surface area contributed by atoms with Crippen LogP contribution in [0.4, 0.5) is 18.9 Å². The van der Waals surface area contributed by atoms with Gasteiger partial charge in [-0.2, -0.15) is 13.2 Å². The van der Waals surface area contributed by atoms with E-state index in [0.29, 0.717) is 27.7 Å². The first-order chi connectivity index (χ1) is 14.0. The molecule has 30 heavy (non-hydrogen) atoms. The third-order valence-electron chi connectivity index (χ3n) is 4.44. The molecule has 8 heteroatoms. The van der Waals surface area contributed by atoms with E-state index in [1.807, 2.05) is 0 Å². The van der Waals surface area contributed by atoms with Gasteiger partial charge in [0, 0.05) is 15.8 Å². The third kappa shape index (κ3) is 4.87. The van der Waals surface area contributed by atoms with Gasteiger partial charge in [0.05, 0.1) is 13.6 Å². The smallest absolute Gasteiger partial charge is 0.394 e. The van der Waals surface area contributed by atoms with Gasteiger partial charge >= 0.3 is 6.18 Å². The predicted molar refractivity (Wildman–Crippen MR) is 118 cm³/mol. The lowest BCUT2D eigenvalue weighted by atomic mass is 10.1. The van der Waals surface area contributed by atoms with Crippen molar-refractivity contribution in [1.29, 1.82) is 0 Å². The minimum absolute atomic E-state index is 0.392. The summed E-state index contributed by atoms with van der Waals surface area (Å²) in [7, 11) is -1.99. The maximum atomic E-state index is 12.8. The van der Waals surface area contributed by atoms with E-state index in [4.69, 9.17) is 21.9 Å². The molecule has 0 saturated carbocycles. The maximum Gasteiger partial charge on any atom is 0.416 e. The number of rotatable bonds is 4. The summed E-state index contributed by atoms with van der Waals surface area (Å²) in [5.74, 6) is 0.433. The molecule has 2 N–H and O–H groups in total. The van der Waals surface area contributed by atoms with Gasteiger partial charge in [0.25, 0.3) is 0 Å². The molecule has 0 aliphatic rings. The van der Waals surface area contributed by atoms with Crippen LogP contribution in [0.5, 0.6) is 0 Å². The Kier molecular flexibility index (Phi) is 5.99. The van der Waals surface area contributed by atoms with Crippen LogP contribution >= 0.6 is 11.6 Å². The highest BCUT2D eigenvalue weighted by Gasteiger charge is 2.30. The summed E-state index contributed by atoms with van der Waals surface area (Å²) in [6.45, 7) is 6.29. The summed E-state index contributed by atoms with van der Waals surface area (Å²) in [6.07, 6.45) is -2.73. The van der Waals surface area contributed by atoms with Crippen molar-refractivity contribution in [3.05, 3.63) is 76.2 Å². The fourth-order valence-electron chi connectivity index (χ4n) is 2.84. The quantitative estimate of drug-likeness (QED) is 0.340. The van der Waals surface area contributed by atoms with Crippen molar-refractivity contribution in [2.45, 2.75) is 25.8 Å². The van der Waals surface area contributed by atoms with E-state index in [2.05, 4.69) is 30.5 Å². The Bertz CT molecular complexity index is 1110. The van der Waals surface area contributed by atoms with E-state index < -0.39 is 19.8 Å². The van der Waals surface area contributed by atoms with Gasteiger partial charge in [-0.3, -0.25) is 0 Å². The zero-order chi connectivity index (χ0) is 22.1. The molecule has 0 radical (unpaired) electrons. The second kappa shape index (κ2) is 8.18. The molecule has 1 heterocycles. The largest absolute Gasteiger partial charge is 0.416 e. The van der Waals surface area contributed by atoms with Gasteiger partial charge in [-0.05, 0) is 35.9 Å². The Labute approximate surface area is 178 Å². The van der Waals surface area contributed by atoms with Crippen molar-refractivity contribution in [3.8, 4) is 11.3 Å². The lowest BCUT2D eigenvalue weighted by Gasteiger charge is -2.16. The first-order valence-corrected chi connectivity index (χ1v) is 13.0. The Hall–Kier alpha value is -2.73. The molecule has 0 bridgehead atoms. The summed E-state index contributed by atoms with van der Waals surface area (Å²) in [5.41, 5.74) is 11.1. The second-order valence-electron chi connectivity index (χ2n) is 7.81. The summed E-state index contributed by atoms with van der Waals surface area (Å²) >= 11 is 5.94. The molecule has 0 unspecified atom stereocenters. The molecule has 2 aromatic carbocycles. The molecule has 0 amide bonds. The number of nitrogens with two attached hydrogens (primary N) is 1. The number of nitrogens with zero attached hydrogens (tertiary/aromatic N) is 1. The second-order valence-corrected chi connectivity index (χ2v) is 13.3. The van der Waals surface area contributed by atoms with E-state index in [1.54, 1.807) is 30.3 Å². The zero-order valence-corrected chi connectivity index (χ0v) is 18.4. The number of anilines is 1. The van der Waals surface area contributed by atoms with Gasteiger partial charge < -0.3 is 10.3 Å². The predicted octanol–water partition coefficient (Wildman–Crippen LogP) is 7.17. The Morgan fingerprint density at radius 2 is 1.67 bits per heavy atom. The molecule has 156 valence electrons. The van der Waals surface area contributed by atoms with Crippen LogP contribution < -0.4 is 5.73 Å². The van der Waals surface area contributed by atoms with Crippen LogP contribution in [-0.2, 0) is 6.18 Å². The van der Waals surface area contributed by atoms with Crippen molar-refractivity contribution >= 4 is 36.6 Å². The number of benzene rings is 2. The van der Waals surface area contributed by atoms with E-state index in [9.17, 15) is 13.2 Å². The monoisotopic (exact) mass is 448 g/mol. The standard InChI is InChI=1S/C22H20ClF3N2OSi/c1-30(2,3)18(13-6-14-4-9-16(10-5-14)22(24,25)26)21-19(27)20(28-29-21)15-7-11-17(23)12-8-15/h4-12H,27H2,1-3H3. The molecule has 0 spiro atoms. The van der Waals surface area contributed by atoms with E-state index >= 15 is 0 Å². The van der Waals surface area contributed by atoms with Crippen LogP contribution in [0.25, 0.3) is 22.5 Å². The van der Waals surface area contributed by atoms with Crippen molar-refractivity contribution in [2.75, 3.05) is 5.73 Å². The fraction of sp³-hybridized carbons (Fsp3) is 0.182. The highest BCUT2D eigenvalue weighted by atomic mass is 35.5. The molecule has 3 aromatic rings. The number of aromatic nitrogens is 1. The lowest BCUT2D eigenvalue weighted by molar-refractivity contribution is -0.137. The lowest BCUT2D eigenvalue weighted by Crippen LogP contribution is -2.22. The van der Waals surface area contributed by atoms with Gasteiger partial charge in [0.1, 0.15) is 11.4 Å². The number of alkyl halides is 3. The van der Waals surface area contributed by atoms with E-state index in [-0.39, 0.29) is 0 Å². The van der Waals surface area contributed by atoms with Crippen molar-refractivity contribution in [1.82, 2.24) is 5.16 Å². The van der Waals surface area contributed by atoms with Gasteiger partial charge in [-0.25, -0.2) is 0 Å². The average Bonchev–Trinajstić information content (AvgIpc) is 3.02. The van der Waals surface area contributed by atoms with Crippen molar-refractivity contribution < 1.29 is 17.7 Å². The van der Waals surface area contributed by atoms with Gasteiger partial charge in [0.15, 0.2) is 5.76 Å². The van der Waals surface area contributed by atoms with Crippen molar-refractivity contribution in [2.24, 2.45) is 0 Å². The first-order valence-electron chi connectivity index (χ1n) is 9.12. The van der Waals surface area contributed by atoms with Gasteiger partial charge in [-0.15, -0.1) is 5.73 Å². The SMILES string of the molecule is C[Si](C)(C)C(=C=Cc1ccc(C(F)(F)F)cc1)c1onc(-c2ccc(Cl)cc2)c1N. The molecule has 0 aliphatic carbocycles. The average molecular weight is 449 g/mol. The van der Waals surface area contributed by atoms with Crippen LogP contribution in [0.3, 0.4) is 0 Å². The third-order valence-corrected chi connectivity index (χ3v) is 6.57. The molecule has 0 saturated heterocycles. The van der Waals surface area contributed by atoms with Crippen molar-refractivity contribution in [3.63, 3.8) is 0 Å². The van der Waals surface area contributed by atoms with Crippen LogP contribution in [0, 0.1) is 0 Å². The van der Waals surface area contributed by atoms with Crippen LogP contribution in [0.2, 0.25) is 24.7 Å². The van der Waals surface area contributed by atoms with E-state index in [0.717, 1.165) is 22.9 Å². The van der Waals surface area contributed by atoms with E-state index in [1.165, 1.54) is 12.1 Å². The van der Waals surface area contributed by atoms with Gasteiger partial charge in [-0.1, -0.05) is 60.7 Å². The van der Waals surface area contributed by atoms with Crippen LogP contribution in [0.15, 0.2) is 58.8 Å². The normalized spacial score (nSPS) is 11.8. The molecule has 3 nitrogen and oxygen atoms in total. The van der Waals surface area contributed by atoms with Gasteiger partial charge in [0.2, 0.25) is 0 Å². The van der Waals surface area contributed by atoms with Crippen LogP contribution in [-0.4, -0.2) is 13.2 Å². The number of nitrogen functional groups attached to an aromatic ring is 1. The molecule has 0 fully saturated rings. The Morgan fingerprint density at radius 3 is 2.20 bits per heavy atom. The Morgan fingerprint density at radius 1 is 1.07 bits per heavy atom. The zero-order valence-electron chi connectivity index (χ0n) is 16.6. The molecule has 3 rings (SSSR count). The highest BCUT2D eigenvalue weighted by Crippen LogP contribution is 2.36. The minimum atomic E-state index is -4.37. The molecule has 0 aliphatic heterocycles. The molecule has 0 atom stereocenters. The molecular weight excluding hydrogens is 429 g/mol. The summed E-state index contributed by atoms with van der Waals surface area (Å²) in [5, 5.41) is 5.51. The maximum absolute atomic E-state index is 12.8. The fourth-order valence-corrected chi connectivity index (χ4v) is 4.33. The summed E-state index contributed by atoms with van der Waals surface area (Å²) < 4.78 is 43.8. The number of hydrogen-bond donors (Lipinski definition) is 1. The highest BCUT2D eigenvalue weighted by molar-refractivity contribution is 6.93. The molecule has 1 aromatic heterocycles.